The molecule has 2 rings (SSSR count). The molecule has 0 amide bonds. The van der Waals surface area contributed by atoms with Crippen LogP contribution in [0.3, 0.4) is 0 Å². The molecule has 21 heavy (non-hydrogen) atoms. The van der Waals surface area contributed by atoms with Crippen molar-refractivity contribution in [1.29, 1.82) is 0 Å². The van der Waals surface area contributed by atoms with Crippen LogP contribution in [0.15, 0.2) is 59.8 Å². The highest BCUT2D eigenvalue weighted by molar-refractivity contribution is 8.00. The summed E-state index contributed by atoms with van der Waals surface area (Å²) in [6, 6.07) is 12.8. The van der Waals surface area contributed by atoms with Crippen molar-refractivity contribution in [2.75, 3.05) is 5.75 Å². The van der Waals surface area contributed by atoms with Crippen LogP contribution in [0.4, 0.5) is 0 Å². The summed E-state index contributed by atoms with van der Waals surface area (Å²) in [6.07, 6.45) is 3.57. The fraction of sp³-hybridized carbons (Fsp3) is 0.133. The third kappa shape index (κ3) is 5.69. The number of benzene rings is 1. The van der Waals surface area contributed by atoms with Crippen molar-refractivity contribution in [1.82, 2.24) is 0 Å². The standard InChI is InChI=1S/C15H13NO3S.BrH/c17-14(12-4-2-1-3-5-12)10-16-8-6-13(7-9-16)20-11-15(18)19;/h1-9H,10-11H2;1H. The topological polar surface area (TPSA) is 58.2 Å². The van der Waals surface area contributed by atoms with Crippen molar-refractivity contribution >= 4 is 23.5 Å². The number of hydrogen-bond donors (Lipinski definition) is 1. The van der Waals surface area contributed by atoms with Crippen LogP contribution in [-0.2, 0) is 11.3 Å². The lowest BCUT2D eigenvalue weighted by atomic mass is 10.1. The Hall–Kier alpha value is -1.66. The third-order valence-corrected chi connectivity index (χ3v) is 3.64. The second-order valence-electron chi connectivity index (χ2n) is 4.18. The molecule has 0 saturated heterocycles. The first-order chi connectivity index (χ1) is 9.65. The second kappa shape index (κ2) is 8.59. The Morgan fingerprint density at radius 2 is 1.67 bits per heavy atom. The van der Waals surface area contributed by atoms with Gasteiger partial charge in [-0.3, -0.25) is 9.59 Å². The van der Waals surface area contributed by atoms with Crippen molar-refractivity contribution in [3.63, 3.8) is 0 Å². The van der Waals surface area contributed by atoms with Crippen molar-refractivity contribution in [2.45, 2.75) is 11.4 Å². The average Bonchev–Trinajstić information content (AvgIpc) is 2.47. The van der Waals surface area contributed by atoms with E-state index in [1.54, 1.807) is 29.1 Å². The molecule has 0 bridgehead atoms. The van der Waals surface area contributed by atoms with Gasteiger partial charge >= 0.3 is 5.97 Å². The maximum absolute atomic E-state index is 12.0. The highest BCUT2D eigenvalue weighted by Crippen LogP contribution is 2.15. The van der Waals surface area contributed by atoms with Gasteiger partial charge in [0.2, 0.25) is 12.3 Å². The third-order valence-electron chi connectivity index (χ3n) is 2.64. The number of carboxylic acid groups (broad SMARTS) is 1. The van der Waals surface area contributed by atoms with Gasteiger partial charge in [-0.05, 0) is 0 Å². The quantitative estimate of drug-likeness (QED) is 0.405. The maximum Gasteiger partial charge on any atom is 0.313 e. The molecule has 6 heteroatoms. The van der Waals surface area contributed by atoms with Crippen LogP contribution in [0.5, 0.6) is 0 Å². The lowest BCUT2D eigenvalue weighted by Gasteiger charge is -1.99. The summed E-state index contributed by atoms with van der Waals surface area (Å²) in [5, 5.41) is 8.60. The van der Waals surface area contributed by atoms with E-state index in [2.05, 4.69) is 0 Å². The number of carboxylic acids is 1. The van der Waals surface area contributed by atoms with E-state index in [4.69, 9.17) is 5.11 Å². The van der Waals surface area contributed by atoms with Crippen LogP contribution in [0.1, 0.15) is 10.4 Å². The van der Waals surface area contributed by atoms with Crippen LogP contribution >= 0.6 is 11.8 Å². The van der Waals surface area contributed by atoms with Gasteiger partial charge in [-0.15, -0.1) is 11.8 Å². The summed E-state index contributed by atoms with van der Waals surface area (Å²) in [4.78, 5) is 23.4. The van der Waals surface area contributed by atoms with Crippen LogP contribution < -0.4 is 21.5 Å². The van der Waals surface area contributed by atoms with Gasteiger partial charge in [0.15, 0.2) is 12.4 Å². The van der Waals surface area contributed by atoms with Crippen LogP contribution in [0.2, 0.25) is 0 Å². The van der Waals surface area contributed by atoms with Crippen LogP contribution in [0, 0.1) is 0 Å². The van der Waals surface area contributed by atoms with Crippen molar-refractivity contribution in [3.05, 3.63) is 60.4 Å². The Bertz CT molecular complexity index is 602. The predicted octanol–water partition coefficient (Wildman–Crippen LogP) is -0.962. The summed E-state index contributed by atoms with van der Waals surface area (Å²) >= 11 is 1.25. The SMILES string of the molecule is O=C(O)CSc1cc[n+](CC(=O)c2ccccc2)cc1.[Br-]. The molecule has 0 fully saturated rings. The lowest BCUT2D eigenvalue weighted by molar-refractivity contribution is -0.683. The molecule has 0 radical (unpaired) electrons. The number of aromatic nitrogens is 1. The number of hydrogen-bond acceptors (Lipinski definition) is 3. The first-order valence-corrected chi connectivity index (χ1v) is 7.05. The van der Waals surface area contributed by atoms with Gasteiger partial charge in [0.25, 0.3) is 0 Å². The minimum absolute atomic E-state index is 0. The molecule has 4 nitrogen and oxygen atoms in total. The van der Waals surface area contributed by atoms with E-state index in [9.17, 15) is 9.59 Å². The first-order valence-electron chi connectivity index (χ1n) is 6.07. The second-order valence-corrected chi connectivity index (χ2v) is 5.23. The monoisotopic (exact) mass is 367 g/mol. The molecule has 110 valence electrons. The van der Waals surface area contributed by atoms with E-state index in [1.165, 1.54) is 11.8 Å². The molecular formula is C15H14BrNO3S. The molecule has 1 heterocycles. The molecule has 1 aromatic carbocycles. The number of ketones is 1. The number of carbonyl (C=O) groups excluding carboxylic acids is 1. The zero-order valence-corrected chi connectivity index (χ0v) is 13.5. The van der Waals surface area contributed by atoms with E-state index in [1.807, 2.05) is 30.3 Å². The Balaban J connectivity index is 0.00000220. The molecule has 0 aliphatic rings. The van der Waals surface area contributed by atoms with Gasteiger partial charge in [-0.25, -0.2) is 0 Å². The summed E-state index contributed by atoms with van der Waals surface area (Å²) in [6.45, 7) is 0.272. The Morgan fingerprint density at radius 3 is 2.24 bits per heavy atom. The average molecular weight is 368 g/mol. The van der Waals surface area contributed by atoms with Gasteiger partial charge in [0.1, 0.15) is 0 Å². The van der Waals surface area contributed by atoms with E-state index in [0.29, 0.717) is 5.56 Å². The molecular weight excluding hydrogens is 354 g/mol. The van der Waals surface area contributed by atoms with Crippen LogP contribution in [-0.4, -0.2) is 22.6 Å². The van der Waals surface area contributed by atoms with Gasteiger partial charge in [0, 0.05) is 22.6 Å². The summed E-state index contributed by atoms with van der Waals surface area (Å²) < 4.78 is 1.78. The summed E-state index contributed by atoms with van der Waals surface area (Å²) in [5.74, 6) is -0.764. The highest BCUT2D eigenvalue weighted by atomic mass is 79.9. The smallest absolute Gasteiger partial charge is 0.313 e. The van der Waals surface area contributed by atoms with Gasteiger partial charge in [0.05, 0.1) is 5.75 Å². The number of nitrogens with zero attached hydrogens (tertiary/aromatic N) is 1. The Morgan fingerprint density at radius 1 is 1.05 bits per heavy atom. The zero-order valence-electron chi connectivity index (χ0n) is 11.1. The van der Waals surface area contributed by atoms with Crippen LogP contribution in [0.25, 0.3) is 0 Å². The van der Waals surface area contributed by atoms with Gasteiger partial charge in [-0.1, -0.05) is 30.3 Å². The van der Waals surface area contributed by atoms with Crippen molar-refractivity contribution in [2.24, 2.45) is 0 Å². The molecule has 1 N–H and O–H groups in total. The molecule has 0 aliphatic carbocycles. The lowest BCUT2D eigenvalue weighted by Crippen LogP contribution is -3.00. The highest BCUT2D eigenvalue weighted by Gasteiger charge is 2.11. The number of halogens is 1. The molecule has 1 aromatic heterocycles. The number of Topliss-reactive ketones (excluding diaryl/α,β-unsaturated/α-hetero) is 1. The molecule has 0 saturated carbocycles. The van der Waals surface area contributed by atoms with E-state index < -0.39 is 5.97 Å². The predicted molar refractivity (Wildman–Crippen MR) is 75.8 cm³/mol. The normalized spacial score (nSPS) is 9.71. The maximum atomic E-state index is 12.0. The van der Waals surface area contributed by atoms with Gasteiger partial charge < -0.3 is 22.1 Å². The number of aliphatic carboxylic acids is 1. The summed E-state index contributed by atoms with van der Waals surface area (Å²) in [5.41, 5.74) is 0.685. The van der Waals surface area contributed by atoms with Crippen molar-refractivity contribution in [3.8, 4) is 0 Å². The molecule has 0 spiro atoms. The fourth-order valence-electron chi connectivity index (χ4n) is 1.67. The molecule has 0 atom stereocenters. The zero-order chi connectivity index (χ0) is 14.4. The Kier molecular flexibility index (Phi) is 7.11. The van der Waals surface area contributed by atoms with E-state index in [0.717, 1.165) is 4.90 Å². The number of rotatable bonds is 6. The Labute approximate surface area is 137 Å². The summed E-state index contributed by atoms with van der Waals surface area (Å²) in [7, 11) is 0. The van der Waals surface area contributed by atoms with Crippen molar-refractivity contribution < 1.29 is 36.2 Å². The number of carbonyl (C=O) groups is 2. The largest absolute Gasteiger partial charge is 1.00 e. The fourth-order valence-corrected chi connectivity index (χ4v) is 2.28. The first kappa shape index (κ1) is 17.4. The minimum atomic E-state index is -0.842. The van der Waals surface area contributed by atoms with E-state index in [-0.39, 0.29) is 35.1 Å². The molecule has 2 aromatic rings. The van der Waals surface area contributed by atoms with E-state index >= 15 is 0 Å². The molecule has 0 aliphatic heterocycles. The molecule has 0 unspecified atom stereocenters. The number of thioether (sulfide) groups is 1. The van der Waals surface area contributed by atoms with Gasteiger partial charge in [-0.2, -0.15) is 4.57 Å². The number of pyridine rings is 1. The minimum Gasteiger partial charge on any atom is -1.00 e.